The largest absolute Gasteiger partial charge is 0.444 e. The molecule has 202 valence electrons. The highest BCUT2D eigenvalue weighted by atomic mass is 35.5. The van der Waals surface area contributed by atoms with Gasteiger partial charge in [-0.05, 0) is 51.0 Å². The average molecular weight is 554 g/mol. The van der Waals surface area contributed by atoms with Crippen molar-refractivity contribution in [1.82, 2.24) is 15.1 Å². The summed E-state index contributed by atoms with van der Waals surface area (Å²) in [7, 11) is 1.57. The third-order valence-corrected chi connectivity index (χ3v) is 6.94. The van der Waals surface area contributed by atoms with E-state index in [1.165, 1.54) is 9.80 Å². The van der Waals surface area contributed by atoms with Crippen molar-refractivity contribution in [2.75, 3.05) is 33.4 Å². The van der Waals surface area contributed by atoms with Crippen LogP contribution in [0.4, 0.5) is 4.79 Å². The van der Waals surface area contributed by atoms with Crippen LogP contribution in [0.1, 0.15) is 39.2 Å². The number of nitrogens with one attached hydrogen (secondary N) is 1. The molecule has 0 unspecified atom stereocenters. The van der Waals surface area contributed by atoms with Crippen molar-refractivity contribution in [3.8, 4) is 0 Å². The molecule has 3 amide bonds. The summed E-state index contributed by atoms with van der Waals surface area (Å²) < 4.78 is 10.5. The minimum Gasteiger partial charge on any atom is -0.444 e. The van der Waals surface area contributed by atoms with Gasteiger partial charge in [-0.25, -0.2) is 4.79 Å². The molecule has 1 saturated heterocycles. The van der Waals surface area contributed by atoms with E-state index in [1.807, 2.05) is 0 Å². The van der Waals surface area contributed by atoms with E-state index in [-0.39, 0.29) is 37.9 Å². The number of carbonyl (C=O) groups excluding carboxylic acids is 4. The number of carbonyl (C=O) groups is 4. The molecule has 1 fully saturated rings. The SMILES string of the molecule is COCCCNC(=O)C[C@@H]1C(=O)N(Cc2ccc(Cl)cc2Cl)C2=CCN(C(=O)OC(C)(C)C)C[C@]21C=O. The van der Waals surface area contributed by atoms with Crippen molar-refractivity contribution in [3.05, 3.63) is 45.6 Å². The topological polar surface area (TPSA) is 105 Å². The first kappa shape index (κ1) is 28.9. The van der Waals surface area contributed by atoms with Gasteiger partial charge in [0.15, 0.2) is 0 Å². The van der Waals surface area contributed by atoms with E-state index in [4.69, 9.17) is 32.7 Å². The number of halogens is 2. The van der Waals surface area contributed by atoms with Crippen molar-refractivity contribution >= 4 is 47.4 Å². The molecule has 1 N–H and O–H groups in total. The molecule has 2 atom stereocenters. The lowest BCUT2D eigenvalue weighted by molar-refractivity contribution is -0.137. The van der Waals surface area contributed by atoms with Gasteiger partial charge in [0.1, 0.15) is 11.9 Å². The number of likely N-dealkylation sites (tertiary alicyclic amines) is 1. The van der Waals surface area contributed by atoms with Crippen molar-refractivity contribution in [3.63, 3.8) is 0 Å². The highest BCUT2D eigenvalue weighted by molar-refractivity contribution is 6.35. The maximum absolute atomic E-state index is 13.8. The number of amides is 3. The Morgan fingerprint density at radius 1 is 1.27 bits per heavy atom. The van der Waals surface area contributed by atoms with Crippen LogP contribution in [-0.4, -0.2) is 72.9 Å². The van der Waals surface area contributed by atoms with E-state index >= 15 is 0 Å². The Morgan fingerprint density at radius 3 is 2.62 bits per heavy atom. The summed E-state index contributed by atoms with van der Waals surface area (Å²) in [6, 6.07) is 4.96. The lowest BCUT2D eigenvalue weighted by Crippen LogP contribution is -2.51. The number of benzene rings is 1. The Kier molecular flexibility index (Phi) is 9.26. The normalized spacial score (nSPS) is 21.4. The van der Waals surface area contributed by atoms with Gasteiger partial charge in [-0.3, -0.25) is 9.59 Å². The van der Waals surface area contributed by atoms with Gasteiger partial charge >= 0.3 is 6.09 Å². The minimum atomic E-state index is -1.41. The molecule has 2 aliphatic heterocycles. The van der Waals surface area contributed by atoms with Crippen LogP contribution < -0.4 is 5.32 Å². The molecular formula is C26H33Cl2N3O6. The Bertz CT molecular complexity index is 1090. The summed E-state index contributed by atoms with van der Waals surface area (Å²) in [4.78, 5) is 55.1. The maximum atomic E-state index is 13.8. The summed E-state index contributed by atoms with van der Waals surface area (Å²) in [6.45, 7) is 6.25. The average Bonchev–Trinajstić information content (AvgIpc) is 3.04. The molecule has 2 heterocycles. The molecule has 0 radical (unpaired) electrons. The first-order valence-electron chi connectivity index (χ1n) is 12.1. The van der Waals surface area contributed by atoms with Crippen LogP contribution in [0.15, 0.2) is 30.0 Å². The molecule has 0 aliphatic carbocycles. The predicted octanol–water partition coefficient (Wildman–Crippen LogP) is 3.81. The number of methoxy groups -OCH3 is 1. The molecule has 0 saturated carbocycles. The molecule has 2 aliphatic rings. The number of aldehydes is 1. The zero-order valence-electron chi connectivity index (χ0n) is 21.5. The zero-order valence-corrected chi connectivity index (χ0v) is 23.0. The zero-order chi connectivity index (χ0) is 27.4. The molecule has 3 rings (SSSR count). The standard InChI is InChI=1S/C26H33Cl2N3O6/c1-25(2,3)37-24(35)30-10-8-21-26(15-30,16-32)19(13-22(33)29-9-5-11-36-4)23(34)31(21)14-17-6-7-18(27)12-20(17)28/h6-8,12,16,19H,5,9-11,13-15H2,1-4H3,(H,29,33)/t19-,26-/m1/s1. The maximum Gasteiger partial charge on any atom is 0.410 e. The van der Waals surface area contributed by atoms with Gasteiger partial charge in [-0.2, -0.15) is 0 Å². The quantitative estimate of drug-likeness (QED) is 0.368. The van der Waals surface area contributed by atoms with Crippen molar-refractivity contribution < 1.29 is 28.7 Å². The first-order chi connectivity index (χ1) is 17.4. The van der Waals surface area contributed by atoms with Gasteiger partial charge in [0, 0.05) is 55.5 Å². The van der Waals surface area contributed by atoms with Crippen LogP contribution in [-0.2, 0) is 30.4 Å². The highest BCUT2D eigenvalue weighted by Gasteiger charge is 2.59. The fraction of sp³-hybridized carbons (Fsp3) is 0.538. The number of hydrogen-bond donors (Lipinski definition) is 1. The van der Waals surface area contributed by atoms with Crippen molar-refractivity contribution in [1.29, 1.82) is 0 Å². The molecule has 0 spiro atoms. The highest BCUT2D eigenvalue weighted by Crippen LogP contribution is 2.49. The number of rotatable bonds is 9. The Labute approximate surface area is 227 Å². The molecule has 0 aromatic heterocycles. The van der Waals surface area contributed by atoms with E-state index in [2.05, 4.69) is 5.32 Å². The number of ether oxygens (including phenoxy) is 2. The van der Waals surface area contributed by atoms with Gasteiger partial charge in [0.25, 0.3) is 0 Å². The number of fused-ring (bicyclic) bond motifs is 1. The molecule has 1 aromatic carbocycles. The predicted molar refractivity (Wildman–Crippen MR) is 139 cm³/mol. The molecule has 11 heteroatoms. The van der Waals surface area contributed by atoms with Crippen LogP contribution in [0.2, 0.25) is 10.0 Å². The Morgan fingerprint density at radius 2 is 2.00 bits per heavy atom. The van der Waals surface area contributed by atoms with E-state index in [9.17, 15) is 19.2 Å². The van der Waals surface area contributed by atoms with Crippen LogP contribution in [0.5, 0.6) is 0 Å². The van der Waals surface area contributed by atoms with Gasteiger partial charge in [-0.15, -0.1) is 0 Å². The second-order valence-corrected chi connectivity index (χ2v) is 11.1. The summed E-state index contributed by atoms with van der Waals surface area (Å²) in [5.74, 6) is -1.76. The summed E-state index contributed by atoms with van der Waals surface area (Å²) in [5.41, 5.74) is -1.05. The minimum absolute atomic E-state index is 0.0878. The van der Waals surface area contributed by atoms with Crippen molar-refractivity contribution in [2.24, 2.45) is 11.3 Å². The van der Waals surface area contributed by atoms with Crippen LogP contribution in [0.25, 0.3) is 0 Å². The monoisotopic (exact) mass is 553 g/mol. The van der Waals surface area contributed by atoms with Crippen molar-refractivity contribution in [2.45, 2.75) is 45.8 Å². The lowest BCUT2D eigenvalue weighted by Gasteiger charge is -2.39. The second-order valence-electron chi connectivity index (χ2n) is 10.2. The Balaban J connectivity index is 1.94. The lowest BCUT2D eigenvalue weighted by atomic mass is 9.73. The third-order valence-electron chi connectivity index (χ3n) is 6.35. The van der Waals surface area contributed by atoms with Gasteiger partial charge in [0.05, 0.1) is 17.9 Å². The number of nitrogens with zero attached hydrogens (tertiary/aromatic N) is 2. The molecule has 9 nitrogen and oxygen atoms in total. The van der Waals surface area contributed by atoms with Crippen LogP contribution in [0, 0.1) is 11.3 Å². The first-order valence-corrected chi connectivity index (χ1v) is 12.8. The Hall–Kier alpha value is -2.62. The van der Waals surface area contributed by atoms with Gasteiger partial charge in [-0.1, -0.05) is 29.3 Å². The molecular weight excluding hydrogens is 521 g/mol. The van der Waals surface area contributed by atoms with E-state index < -0.39 is 23.0 Å². The van der Waals surface area contributed by atoms with Gasteiger partial charge < -0.3 is 29.4 Å². The fourth-order valence-electron chi connectivity index (χ4n) is 4.63. The summed E-state index contributed by atoms with van der Waals surface area (Å²) >= 11 is 12.4. The fourth-order valence-corrected chi connectivity index (χ4v) is 5.09. The molecule has 37 heavy (non-hydrogen) atoms. The second kappa shape index (κ2) is 11.8. The van der Waals surface area contributed by atoms with Gasteiger partial charge in [0.2, 0.25) is 11.8 Å². The van der Waals surface area contributed by atoms with E-state index in [0.717, 1.165) is 0 Å². The van der Waals surface area contributed by atoms with Crippen LogP contribution >= 0.6 is 23.2 Å². The smallest absolute Gasteiger partial charge is 0.410 e. The molecule has 0 bridgehead atoms. The van der Waals surface area contributed by atoms with Crippen LogP contribution in [0.3, 0.4) is 0 Å². The summed E-state index contributed by atoms with van der Waals surface area (Å²) in [6.07, 6.45) is 2.16. The molecule has 1 aromatic rings. The third kappa shape index (κ3) is 6.64. The summed E-state index contributed by atoms with van der Waals surface area (Å²) in [5, 5.41) is 3.61. The van der Waals surface area contributed by atoms with E-state index in [0.29, 0.717) is 47.2 Å². The number of hydrogen-bond acceptors (Lipinski definition) is 6. The van der Waals surface area contributed by atoms with E-state index in [1.54, 1.807) is 52.2 Å².